The lowest BCUT2D eigenvalue weighted by atomic mass is 10.3. The van der Waals surface area contributed by atoms with Crippen LogP contribution < -0.4 is 5.73 Å². The number of nitrogens with two attached hydrogens (primary N) is 1. The largest absolute Gasteiger partial charge is 0.384 e. The Kier molecular flexibility index (Phi) is 4.51. The van der Waals surface area contributed by atoms with E-state index in [2.05, 4.69) is 10.3 Å². The molecule has 0 saturated heterocycles. The molecule has 0 bridgehead atoms. The molecule has 1 aromatic heterocycles. The predicted octanol–water partition coefficient (Wildman–Crippen LogP) is -0.693. The van der Waals surface area contributed by atoms with E-state index < -0.39 is 6.10 Å². The molecule has 0 fully saturated rings. The van der Waals surface area contributed by atoms with Crippen LogP contribution in [0.1, 0.15) is 18.2 Å². The Balaban J connectivity index is 2.61. The second kappa shape index (κ2) is 5.69. The highest BCUT2D eigenvalue weighted by Gasteiger charge is 2.13. The Morgan fingerprint density at radius 2 is 2.50 bits per heavy atom. The average Bonchev–Trinajstić information content (AvgIpc) is 2.63. The fourth-order valence-electron chi connectivity index (χ4n) is 1.18. The monoisotopic (exact) mass is 200 g/mol. The number of aryl methyl sites for hydroxylation is 1. The summed E-state index contributed by atoms with van der Waals surface area (Å²) >= 11 is 0. The highest BCUT2D eigenvalue weighted by molar-refractivity contribution is 4.98. The van der Waals surface area contributed by atoms with Gasteiger partial charge in [0.2, 0.25) is 0 Å². The number of nitrogens with zero attached hydrogens (tertiary/aromatic N) is 3. The summed E-state index contributed by atoms with van der Waals surface area (Å²) in [4.78, 5) is 0. The van der Waals surface area contributed by atoms with Gasteiger partial charge in [-0.2, -0.15) is 0 Å². The third kappa shape index (κ3) is 2.76. The Bertz CT molecular complexity index is 264. The summed E-state index contributed by atoms with van der Waals surface area (Å²) in [5, 5.41) is 17.2. The normalized spacial score (nSPS) is 13.1. The number of ether oxygens (including phenoxy) is 1. The Labute approximate surface area is 82.7 Å². The van der Waals surface area contributed by atoms with E-state index in [4.69, 9.17) is 10.5 Å². The quantitative estimate of drug-likeness (QED) is 0.634. The minimum atomic E-state index is -0.673. The van der Waals surface area contributed by atoms with Gasteiger partial charge in [-0.05, 0) is 13.0 Å². The molecule has 6 heteroatoms. The van der Waals surface area contributed by atoms with Crippen LogP contribution in [0.5, 0.6) is 0 Å². The van der Waals surface area contributed by atoms with Gasteiger partial charge in [0.25, 0.3) is 0 Å². The van der Waals surface area contributed by atoms with E-state index in [1.54, 1.807) is 10.9 Å². The van der Waals surface area contributed by atoms with Gasteiger partial charge in [0.15, 0.2) is 0 Å². The van der Waals surface area contributed by atoms with Gasteiger partial charge >= 0.3 is 0 Å². The standard InChI is InChI=1S/C8H16N4O2/c1-14-6-8(13)7-5-10-11-12(7)4-2-3-9/h5,8,13H,2-4,6,9H2,1H3/t8-/m0/s1. The van der Waals surface area contributed by atoms with Crippen molar-refractivity contribution in [1.29, 1.82) is 0 Å². The average molecular weight is 200 g/mol. The van der Waals surface area contributed by atoms with Gasteiger partial charge < -0.3 is 15.6 Å². The molecular weight excluding hydrogens is 184 g/mol. The molecule has 3 N–H and O–H groups in total. The second-order valence-corrected chi connectivity index (χ2v) is 3.00. The first-order chi connectivity index (χ1) is 6.79. The SMILES string of the molecule is COC[C@H](O)c1cnnn1CCCN. The fourth-order valence-corrected chi connectivity index (χ4v) is 1.18. The Morgan fingerprint density at radius 1 is 1.71 bits per heavy atom. The summed E-state index contributed by atoms with van der Waals surface area (Å²) < 4.78 is 6.49. The number of methoxy groups -OCH3 is 1. The molecule has 0 aromatic carbocycles. The third-order valence-corrected chi connectivity index (χ3v) is 1.89. The van der Waals surface area contributed by atoms with Gasteiger partial charge in [-0.3, -0.25) is 0 Å². The van der Waals surface area contributed by atoms with Crippen molar-refractivity contribution in [1.82, 2.24) is 15.0 Å². The van der Waals surface area contributed by atoms with Crippen LogP contribution in [0.3, 0.4) is 0 Å². The van der Waals surface area contributed by atoms with Crippen LogP contribution in [0.25, 0.3) is 0 Å². The lowest BCUT2D eigenvalue weighted by Gasteiger charge is -2.10. The topological polar surface area (TPSA) is 86.2 Å². The van der Waals surface area contributed by atoms with Crippen molar-refractivity contribution in [3.63, 3.8) is 0 Å². The van der Waals surface area contributed by atoms with Crippen LogP contribution in [0.4, 0.5) is 0 Å². The Hall–Kier alpha value is -0.980. The summed E-state index contributed by atoms with van der Waals surface area (Å²) in [6, 6.07) is 0. The van der Waals surface area contributed by atoms with Crippen molar-refractivity contribution < 1.29 is 9.84 Å². The highest BCUT2D eigenvalue weighted by atomic mass is 16.5. The molecule has 0 aliphatic rings. The van der Waals surface area contributed by atoms with E-state index in [0.717, 1.165) is 6.42 Å². The first kappa shape index (κ1) is 11.1. The van der Waals surface area contributed by atoms with Gasteiger partial charge in [0.05, 0.1) is 18.5 Å². The summed E-state index contributed by atoms with van der Waals surface area (Å²) in [5.41, 5.74) is 6.05. The zero-order valence-corrected chi connectivity index (χ0v) is 8.26. The van der Waals surface area contributed by atoms with E-state index in [9.17, 15) is 5.11 Å². The van der Waals surface area contributed by atoms with Crippen molar-refractivity contribution in [3.05, 3.63) is 11.9 Å². The maximum absolute atomic E-state index is 9.63. The second-order valence-electron chi connectivity index (χ2n) is 3.00. The van der Waals surface area contributed by atoms with E-state index >= 15 is 0 Å². The molecule has 0 spiro atoms. The van der Waals surface area contributed by atoms with Crippen molar-refractivity contribution in [2.24, 2.45) is 5.73 Å². The summed E-state index contributed by atoms with van der Waals surface area (Å²) in [5.74, 6) is 0. The number of hydrogen-bond donors (Lipinski definition) is 2. The minimum absolute atomic E-state index is 0.246. The van der Waals surface area contributed by atoms with Crippen molar-refractivity contribution in [2.75, 3.05) is 20.3 Å². The van der Waals surface area contributed by atoms with Gasteiger partial charge in [0.1, 0.15) is 6.10 Å². The van der Waals surface area contributed by atoms with Crippen LogP contribution in [-0.2, 0) is 11.3 Å². The molecule has 80 valence electrons. The zero-order chi connectivity index (χ0) is 10.4. The molecule has 1 aromatic rings. The molecule has 1 heterocycles. The van der Waals surface area contributed by atoms with Crippen LogP contribution in [0.2, 0.25) is 0 Å². The van der Waals surface area contributed by atoms with E-state index in [1.165, 1.54) is 7.11 Å². The van der Waals surface area contributed by atoms with E-state index in [1.807, 2.05) is 0 Å². The number of hydrogen-bond acceptors (Lipinski definition) is 5. The number of aliphatic hydroxyl groups is 1. The number of aromatic nitrogens is 3. The molecule has 1 rings (SSSR count). The van der Waals surface area contributed by atoms with Gasteiger partial charge in [-0.1, -0.05) is 5.21 Å². The summed E-state index contributed by atoms with van der Waals surface area (Å²) in [6.45, 7) is 1.52. The molecular formula is C8H16N4O2. The maximum Gasteiger partial charge on any atom is 0.120 e. The molecule has 0 saturated carbocycles. The molecule has 1 atom stereocenters. The lowest BCUT2D eigenvalue weighted by molar-refractivity contribution is 0.0585. The Morgan fingerprint density at radius 3 is 3.14 bits per heavy atom. The highest BCUT2D eigenvalue weighted by Crippen LogP contribution is 2.10. The minimum Gasteiger partial charge on any atom is -0.384 e. The van der Waals surface area contributed by atoms with Crippen molar-refractivity contribution >= 4 is 0 Å². The van der Waals surface area contributed by atoms with Crippen LogP contribution in [0.15, 0.2) is 6.20 Å². The molecule has 6 nitrogen and oxygen atoms in total. The summed E-state index contributed by atoms with van der Waals surface area (Å²) in [6.07, 6.45) is 1.68. The van der Waals surface area contributed by atoms with E-state index in [-0.39, 0.29) is 6.61 Å². The molecule has 0 amide bonds. The lowest BCUT2D eigenvalue weighted by Crippen LogP contribution is -2.14. The molecule has 0 unspecified atom stereocenters. The zero-order valence-electron chi connectivity index (χ0n) is 8.26. The van der Waals surface area contributed by atoms with Crippen LogP contribution in [0, 0.1) is 0 Å². The van der Waals surface area contributed by atoms with Crippen LogP contribution in [-0.4, -0.2) is 40.4 Å². The molecule has 14 heavy (non-hydrogen) atoms. The van der Waals surface area contributed by atoms with E-state index in [0.29, 0.717) is 18.8 Å². The first-order valence-corrected chi connectivity index (χ1v) is 4.55. The fraction of sp³-hybridized carbons (Fsp3) is 0.750. The van der Waals surface area contributed by atoms with Crippen molar-refractivity contribution in [2.45, 2.75) is 19.1 Å². The molecule has 0 aliphatic heterocycles. The smallest absolute Gasteiger partial charge is 0.120 e. The number of rotatable bonds is 6. The predicted molar refractivity (Wildman–Crippen MR) is 50.5 cm³/mol. The van der Waals surface area contributed by atoms with Crippen LogP contribution >= 0.6 is 0 Å². The summed E-state index contributed by atoms with van der Waals surface area (Å²) in [7, 11) is 1.54. The van der Waals surface area contributed by atoms with Crippen molar-refractivity contribution in [3.8, 4) is 0 Å². The first-order valence-electron chi connectivity index (χ1n) is 4.55. The van der Waals surface area contributed by atoms with Gasteiger partial charge in [-0.15, -0.1) is 5.10 Å². The number of aliphatic hydroxyl groups excluding tert-OH is 1. The third-order valence-electron chi connectivity index (χ3n) is 1.89. The maximum atomic E-state index is 9.63. The van der Waals surface area contributed by atoms with Gasteiger partial charge in [0, 0.05) is 13.7 Å². The molecule has 0 aliphatic carbocycles. The molecule has 0 radical (unpaired) electrons. The van der Waals surface area contributed by atoms with Gasteiger partial charge in [-0.25, -0.2) is 4.68 Å².